The van der Waals surface area contributed by atoms with Crippen LogP contribution in [0.4, 0.5) is 0 Å². The number of rotatable bonds is 12. The summed E-state index contributed by atoms with van der Waals surface area (Å²) in [6.45, 7) is 0. The number of amides is 2. The van der Waals surface area contributed by atoms with Crippen molar-refractivity contribution in [2.75, 3.05) is 28.2 Å². The van der Waals surface area contributed by atoms with Gasteiger partial charge in [-0.05, 0) is 48.9 Å². The second-order valence-electron chi connectivity index (χ2n) is 6.80. The van der Waals surface area contributed by atoms with Gasteiger partial charge in [-0.25, -0.2) is 0 Å². The summed E-state index contributed by atoms with van der Waals surface area (Å²) in [5, 5.41) is -1.03. The van der Waals surface area contributed by atoms with Gasteiger partial charge in [0.15, 0.2) is 0 Å². The minimum Gasteiger partial charge on any atom is -0.348 e. The van der Waals surface area contributed by atoms with E-state index in [0.29, 0.717) is 19.3 Å². The molecule has 0 saturated heterocycles. The predicted octanol–water partition coefficient (Wildman–Crippen LogP) is 3.40. The summed E-state index contributed by atoms with van der Waals surface area (Å²) < 4.78 is 0. The van der Waals surface area contributed by atoms with E-state index in [1.54, 1.807) is 28.2 Å². The molecular formula is C17H26Br2Cl2N2O4. The summed E-state index contributed by atoms with van der Waals surface area (Å²) in [4.78, 5) is 49.1. The Bertz CT molecular complexity index is 501. The maximum Gasteiger partial charge on any atom is 0.235 e. The summed E-state index contributed by atoms with van der Waals surface area (Å²) in [6, 6.07) is 0. The first kappa shape index (κ1) is 26.8. The van der Waals surface area contributed by atoms with E-state index < -0.39 is 32.0 Å². The van der Waals surface area contributed by atoms with E-state index in [9.17, 15) is 19.2 Å². The zero-order chi connectivity index (χ0) is 21.3. The summed E-state index contributed by atoms with van der Waals surface area (Å²) in [7, 11) is 6.54. The first-order chi connectivity index (χ1) is 12.4. The molecule has 6 nitrogen and oxygen atoms in total. The highest BCUT2D eigenvalue weighted by Crippen LogP contribution is 2.27. The molecule has 0 aromatic carbocycles. The third-order valence-electron chi connectivity index (χ3n) is 4.15. The normalized spacial score (nSPS) is 15.4. The van der Waals surface area contributed by atoms with Crippen molar-refractivity contribution in [2.45, 2.75) is 41.8 Å². The lowest BCUT2D eigenvalue weighted by atomic mass is 9.92. The maximum atomic E-state index is 11.9. The van der Waals surface area contributed by atoms with Gasteiger partial charge >= 0.3 is 0 Å². The molecule has 0 aliphatic heterocycles. The van der Waals surface area contributed by atoms with Gasteiger partial charge in [0.25, 0.3) is 0 Å². The van der Waals surface area contributed by atoms with Gasteiger partial charge in [0.05, 0.1) is 9.65 Å². The van der Waals surface area contributed by atoms with Gasteiger partial charge in [-0.1, -0.05) is 38.3 Å². The first-order valence-corrected chi connectivity index (χ1v) is 11.1. The molecule has 4 atom stereocenters. The average Bonchev–Trinajstić information content (AvgIpc) is 2.57. The minimum absolute atomic E-state index is 0.143. The van der Waals surface area contributed by atoms with Crippen molar-refractivity contribution in [1.82, 2.24) is 9.80 Å². The molecule has 0 heterocycles. The van der Waals surface area contributed by atoms with Crippen molar-refractivity contribution in [2.24, 2.45) is 11.8 Å². The number of carbonyl (C=O) groups excluding carboxylic acids is 4. The van der Waals surface area contributed by atoms with Crippen LogP contribution in [-0.2, 0) is 19.2 Å². The van der Waals surface area contributed by atoms with E-state index in [0.717, 1.165) is 0 Å². The Kier molecular flexibility index (Phi) is 13.0. The van der Waals surface area contributed by atoms with Crippen molar-refractivity contribution < 1.29 is 19.2 Å². The molecular weight excluding hydrogens is 527 g/mol. The van der Waals surface area contributed by atoms with Gasteiger partial charge < -0.3 is 9.80 Å². The summed E-state index contributed by atoms with van der Waals surface area (Å²) >= 11 is 17.9. The summed E-state index contributed by atoms with van der Waals surface area (Å²) in [6.07, 6.45) is 1.94. The van der Waals surface area contributed by atoms with Gasteiger partial charge in [0.2, 0.25) is 22.3 Å². The maximum absolute atomic E-state index is 11.9. The molecule has 0 aliphatic rings. The van der Waals surface area contributed by atoms with Gasteiger partial charge in [0, 0.05) is 40.0 Å². The smallest absolute Gasteiger partial charge is 0.235 e. The molecule has 0 fully saturated rings. The molecule has 0 saturated carbocycles. The summed E-state index contributed by atoms with van der Waals surface area (Å²) in [5.74, 6) is -1.30. The SMILES string of the molecule is CN(C)C(=O)C(Br)CC(CCCC(CC(Br)C(=O)N(C)C)C(=O)Cl)C(=O)Cl. The fourth-order valence-corrected chi connectivity index (χ4v) is 4.64. The Hall–Kier alpha value is -0.180. The van der Waals surface area contributed by atoms with Crippen LogP contribution in [0.15, 0.2) is 0 Å². The molecule has 27 heavy (non-hydrogen) atoms. The number of hydrogen-bond acceptors (Lipinski definition) is 4. The molecule has 0 aliphatic carbocycles. The second kappa shape index (κ2) is 13.1. The lowest BCUT2D eigenvalue weighted by Crippen LogP contribution is -2.32. The molecule has 0 rings (SSSR count). The Morgan fingerprint density at radius 3 is 1.26 bits per heavy atom. The Morgan fingerprint density at radius 2 is 1.04 bits per heavy atom. The molecule has 0 spiro atoms. The molecule has 0 aromatic heterocycles. The largest absolute Gasteiger partial charge is 0.348 e. The van der Waals surface area contributed by atoms with Crippen LogP contribution in [0.2, 0.25) is 0 Å². The van der Waals surface area contributed by atoms with Crippen LogP contribution in [-0.4, -0.2) is 69.9 Å². The van der Waals surface area contributed by atoms with Gasteiger partial charge in [-0.3, -0.25) is 19.2 Å². The van der Waals surface area contributed by atoms with Crippen molar-refractivity contribution in [3.05, 3.63) is 0 Å². The standard InChI is InChI=1S/C17H26Br2Cl2N2O4/c1-22(2)16(26)12(18)8-10(14(20)24)6-5-7-11(15(21)25)9-13(19)17(27)23(3)4/h10-13H,5-9H2,1-4H3. The molecule has 2 amide bonds. The zero-order valence-electron chi connectivity index (χ0n) is 15.9. The van der Waals surface area contributed by atoms with Gasteiger partial charge in [-0.2, -0.15) is 0 Å². The van der Waals surface area contributed by atoms with E-state index in [-0.39, 0.29) is 24.7 Å². The number of alkyl halides is 2. The lowest BCUT2D eigenvalue weighted by molar-refractivity contribution is -0.129. The average molecular weight is 553 g/mol. The van der Waals surface area contributed by atoms with Crippen LogP contribution in [0.25, 0.3) is 0 Å². The summed E-state index contributed by atoms with van der Waals surface area (Å²) in [5.41, 5.74) is 0. The van der Waals surface area contributed by atoms with E-state index in [4.69, 9.17) is 23.2 Å². The Labute approximate surface area is 187 Å². The van der Waals surface area contributed by atoms with Crippen LogP contribution in [0.1, 0.15) is 32.1 Å². The lowest BCUT2D eigenvalue weighted by Gasteiger charge is -2.21. The Balaban J connectivity index is 4.73. The highest BCUT2D eigenvalue weighted by molar-refractivity contribution is 9.10. The van der Waals surface area contributed by atoms with E-state index in [1.807, 2.05) is 0 Å². The molecule has 0 aromatic rings. The van der Waals surface area contributed by atoms with E-state index in [2.05, 4.69) is 31.9 Å². The molecule has 0 radical (unpaired) electrons. The monoisotopic (exact) mass is 550 g/mol. The topological polar surface area (TPSA) is 74.8 Å². The van der Waals surface area contributed by atoms with Crippen LogP contribution in [0, 0.1) is 11.8 Å². The van der Waals surface area contributed by atoms with Gasteiger partial charge in [0.1, 0.15) is 0 Å². The fraction of sp³-hybridized carbons (Fsp3) is 0.765. The van der Waals surface area contributed by atoms with Crippen LogP contribution in [0.3, 0.4) is 0 Å². The number of halogens is 4. The number of carbonyl (C=O) groups is 4. The van der Waals surface area contributed by atoms with E-state index >= 15 is 0 Å². The first-order valence-electron chi connectivity index (χ1n) is 8.47. The number of nitrogens with zero attached hydrogens (tertiary/aromatic N) is 2. The van der Waals surface area contributed by atoms with Crippen LogP contribution >= 0.6 is 55.1 Å². The molecule has 0 N–H and O–H groups in total. The third-order valence-corrected chi connectivity index (χ3v) is 6.30. The second-order valence-corrected chi connectivity index (χ2v) is 9.76. The van der Waals surface area contributed by atoms with Gasteiger partial charge in [-0.15, -0.1) is 0 Å². The Morgan fingerprint density at radius 1 is 0.741 bits per heavy atom. The third kappa shape index (κ3) is 10.2. The van der Waals surface area contributed by atoms with Crippen molar-refractivity contribution in [3.63, 3.8) is 0 Å². The number of hydrogen-bond donors (Lipinski definition) is 0. The van der Waals surface area contributed by atoms with Crippen molar-refractivity contribution in [1.29, 1.82) is 0 Å². The molecule has 4 unspecified atom stereocenters. The highest BCUT2D eigenvalue weighted by atomic mass is 79.9. The zero-order valence-corrected chi connectivity index (χ0v) is 20.6. The molecule has 10 heteroatoms. The van der Waals surface area contributed by atoms with E-state index in [1.165, 1.54) is 9.80 Å². The van der Waals surface area contributed by atoms with Crippen molar-refractivity contribution in [3.8, 4) is 0 Å². The quantitative estimate of drug-likeness (QED) is 0.275. The fourth-order valence-electron chi connectivity index (χ4n) is 2.52. The highest BCUT2D eigenvalue weighted by Gasteiger charge is 2.28. The molecule has 0 bridgehead atoms. The minimum atomic E-state index is -0.513. The van der Waals surface area contributed by atoms with Crippen LogP contribution < -0.4 is 0 Å². The molecule has 156 valence electrons. The van der Waals surface area contributed by atoms with Crippen LogP contribution in [0.5, 0.6) is 0 Å². The predicted molar refractivity (Wildman–Crippen MR) is 115 cm³/mol. The van der Waals surface area contributed by atoms with Crippen molar-refractivity contribution >= 4 is 77.4 Å².